The SMILES string of the molecule is CCNC(=NCC1CCCOC1C(C)(C)C)N1CCC(Oc2ccccc2)CC1.I. The molecule has 0 aliphatic carbocycles. The third-order valence-corrected chi connectivity index (χ3v) is 5.90. The van der Waals surface area contributed by atoms with Crippen LogP contribution in [0.4, 0.5) is 0 Å². The standard InChI is InChI=1S/C24H39N3O2.HI/c1-5-25-23(26-18-19-10-9-17-28-22(19)24(2,3)4)27-15-13-21(14-16-27)29-20-11-7-6-8-12-20;/h6-8,11-12,19,21-22H,5,9-10,13-18H2,1-4H3,(H,25,26);1H. The summed E-state index contributed by atoms with van der Waals surface area (Å²) in [5, 5.41) is 3.50. The van der Waals surface area contributed by atoms with Gasteiger partial charge in [0.25, 0.3) is 0 Å². The van der Waals surface area contributed by atoms with E-state index in [0.29, 0.717) is 5.92 Å². The molecule has 0 aromatic heterocycles. The van der Waals surface area contributed by atoms with Gasteiger partial charge in [-0.05, 0) is 37.3 Å². The van der Waals surface area contributed by atoms with Crippen molar-refractivity contribution in [3.05, 3.63) is 30.3 Å². The number of nitrogens with one attached hydrogen (secondary N) is 1. The van der Waals surface area contributed by atoms with E-state index in [-0.39, 0.29) is 41.6 Å². The number of guanidine groups is 1. The fourth-order valence-electron chi connectivity index (χ4n) is 4.49. The third kappa shape index (κ3) is 7.29. The molecule has 1 aromatic rings. The van der Waals surface area contributed by atoms with Gasteiger partial charge in [0, 0.05) is 51.5 Å². The lowest BCUT2D eigenvalue weighted by Gasteiger charge is -2.40. The number of piperidine rings is 1. The Labute approximate surface area is 200 Å². The molecule has 2 unspecified atom stereocenters. The minimum absolute atomic E-state index is 0. The van der Waals surface area contributed by atoms with E-state index in [0.717, 1.165) is 63.8 Å². The maximum absolute atomic E-state index is 6.15. The number of benzene rings is 1. The Morgan fingerprint density at radius 1 is 1.17 bits per heavy atom. The van der Waals surface area contributed by atoms with Crippen molar-refractivity contribution in [2.24, 2.45) is 16.3 Å². The number of likely N-dealkylation sites (tertiary alicyclic amines) is 1. The molecular formula is C24H40IN3O2. The molecule has 0 spiro atoms. The summed E-state index contributed by atoms with van der Waals surface area (Å²) in [6.07, 6.45) is 4.97. The van der Waals surface area contributed by atoms with Gasteiger partial charge in [-0.3, -0.25) is 4.99 Å². The lowest BCUT2D eigenvalue weighted by atomic mass is 9.78. The summed E-state index contributed by atoms with van der Waals surface area (Å²) in [6, 6.07) is 10.2. The molecule has 2 heterocycles. The number of hydrogen-bond acceptors (Lipinski definition) is 3. The Bertz CT molecular complexity index is 640. The van der Waals surface area contributed by atoms with Crippen LogP contribution in [0.15, 0.2) is 35.3 Å². The van der Waals surface area contributed by atoms with Crippen molar-refractivity contribution in [3.8, 4) is 5.75 Å². The molecule has 170 valence electrons. The number of ether oxygens (including phenoxy) is 2. The summed E-state index contributed by atoms with van der Waals surface area (Å²) < 4.78 is 12.3. The van der Waals surface area contributed by atoms with Gasteiger partial charge in [-0.2, -0.15) is 0 Å². The molecule has 5 nitrogen and oxygen atoms in total. The minimum atomic E-state index is 0. The Kier molecular flexibility index (Phi) is 10.2. The van der Waals surface area contributed by atoms with Gasteiger partial charge in [-0.25, -0.2) is 0 Å². The number of hydrogen-bond donors (Lipinski definition) is 1. The zero-order chi connectivity index (χ0) is 20.7. The molecule has 2 aliphatic heterocycles. The zero-order valence-electron chi connectivity index (χ0n) is 19.1. The normalized spacial score (nSPS) is 23.6. The Morgan fingerprint density at radius 3 is 2.50 bits per heavy atom. The number of nitrogens with zero attached hydrogens (tertiary/aromatic N) is 2. The van der Waals surface area contributed by atoms with E-state index in [4.69, 9.17) is 14.5 Å². The molecule has 0 amide bonds. The van der Waals surface area contributed by atoms with Crippen molar-refractivity contribution in [1.82, 2.24) is 10.2 Å². The van der Waals surface area contributed by atoms with Gasteiger partial charge < -0.3 is 19.7 Å². The minimum Gasteiger partial charge on any atom is -0.490 e. The number of aliphatic imine (C=N–C) groups is 1. The van der Waals surface area contributed by atoms with Crippen molar-refractivity contribution >= 4 is 29.9 Å². The second-order valence-electron chi connectivity index (χ2n) is 9.37. The van der Waals surface area contributed by atoms with E-state index >= 15 is 0 Å². The quantitative estimate of drug-likeness (QED) is 0.333. The van der Waals surface area contributed by atoms with Gasteiger partial charge in [0.2, 0.25) is 0 Å². The summed E-state index contributed by atoms with van der Waals surface area (Å²) in [5.74, 6) is 2.51. The lowest BCUT2D eigenvalue weighted by Crippen LogP contribution is -2.48. The first-order valence-corrected chi connectivity index (χ1v) is 11.3. The first-order chi connectivity index (χ1) is 14.0. The molecule has 30 heavy (non-hydrogen) atoms. The highest BCUT2D eigenvalue weighted by Gasteiger charge is 2.35. The Hall–Kier alpha value is -1.02. The van der Waals surface area contributed by atoms with Crippen molar-refractivity contribution in [2.75, 3.05) is 32.8 Å². The van der Waals surface area contributed by atoms with E-state index in [1.54, 1.807) is 0 Å². The van der Waals surface area contributed by atoms with Gasteiger partial charge in [0.05, 0.1) is 6.10 Å². The number of rotatable bonds is 5. The van der Waals surface area contributed by atoms with E-state index in [1.165, 1.54) is 6.42 Å². The Balaban J connectivity index is 0.00000320. The van der Waals surface area contributed by atoms with Crippen LogP contribution in [0.2, 0.25) is 0 Å². The van der Waals surface area contributed by atoms with Crippen LogP contribution in [0.5, 0.6) is 5.75 Å². The molecule has 0 radical (unpaired) electrons. The van der Waals surface area contributed by atoms with Crippen LogP contribution in [0.3, 0.4) is 0 Å². The first kappa shape index (κ1) is 25.2. The van der Waals surface area contributed by atoms with E-state index in [2.05, 4.69) is 37.9 Å². The molecule has 0 bridgehead atoms. The maximum atomic E-state index is 6.15. The molecule has 0 saturated carbocycles. The first-order valence-electron chi connectivity index (χ1n) is 11.3. The van der Waals surface area contributed by atoms with Crippen LogP contribution >= 0.6 is 24.0 Å². The highest BCUT2D eigenvalue weighted by molar-refractivity contribution is 14.0. The Morgan fingerprint density at radius 2 is 1.87 bits per heavy atom. The largest absolute Gasteiger partial charge is 0.490 e. The zero-order valence-corrected chi connectivity index (χ0v) is 21.4. The third-order valence-electron chi connectivity index (χ3n) is 5.90. The van der Waals surface area contributed by atoms with E-state index in [9.17, 15) is 0 Å². The summed E-state index contributed by atoms with van der Waals surface area (Å²) in [6.45, 7) is 13.6. The summed E-state index contributed by atoms with van der Waals surface area (Å²) >= 11 is 0. The second-order valence-corrected chi connectivity index (χ2v) is 9.37. The van der Waals surface area contributed by atoms with Crippen LogP contribution in [0, 0.1) is 11.3 Å². The van der Waals surface area contributed by atoms with Gasteiger partial charge in [0.1, 0.15) is 11.9 Å². The smallest absolute Gasteiger partial charge is 0.193 e. The van der Waals surface area contributed by atoms with Gasteiger partial charge in [0.15, 0.2) is 5.96 Å². The van der Waals surface area contributed by atoms with Crippen molar-refractivity contribution in [2.45, 2.75) is 65.6 Å². The van der Waals surface area contributed by atoms with E-state index in [1.807, 2.05) is 30.3 Å². The fraction of sp³-hybridized carbons (Fsp3) is 0.708. The summed E-state index contributed by atoms with van der Waals surface area (Å²) in [4.78, 5) is 7.44. The van der Waals surface area contributed by atoms with Crippen LogP contribution in [-0.4, -0.2) is 55.9 Å². The highest BCUT2D eigenvalue weighted by atomic mass is 127. The average molecular weight is 530 g/mol. The molecule has 2 saturated heterocycles. The molecule has 1 N–H and O–H groups in total. The van der Waals surface area contributed by atoms with Crippen molar-refractivity contribution in [3.63, 3.8) is 0 Å². The second kappa shape index (κ2) is 12.1. The van der Waals surface area contributed by atoms with Gasteiger partial charge >= 0.3 is 0 Å². The number of halogens is 1. The summed E-state index contributed by atoms with van der Waals surface area (Å²) in [5.41, 5.74) is 0.159. The molecule has 1 aromatic carbocycles. The average Bonchev–Trinajstić information content (AvgIpc) is 2.72. The van der Waals surface area contributed by atoms with Crippen LogP contribution in [-0.2, 0) is 4.74 Å². The molecule has 6 heteroatoms. The highest BCUT2D eigenvalue weighted by Crippen LogP contribution is 2.34. The van der Waals surface area contributed by atoms with Crippen LogP contribution < -0.4 is 10.1 Å². The summed E-state index contributed by atoms with van der Waals surface area (Å²) in [7, 11) is 0. The molecule has 2 atom stereocenters. The molecule has 2 aliphatic rings. The monoisotopic (exact) mass is 529 g/mol. The van der Waals surface area contributed by atoms with Crippen LogP contribution in [0.25, 0.3) is 0 Å². The predicted octanol–water partition coefficient (Wildman–Crippen LogP) is 4.95. The topological polar surface area (TPSA) is 46.1 Å². The van der Waals surface area contributed by atoms with Gasteiger partial charge in [-0.15, -0.1) is 24.0 Å². The lowest BCUT2D eigenvalue weighted by molar-refractivity contribution is -0.0824. The van der Waals surface area contributed by atoms with Crippen molar-refractivity contribution in [1.29, 1.82) is 0 Å². The van der Waals surface area contributed by atoms with Crippen LogP contribution in [0.1, 0.15) is 53.4 Å². The molecule has 3 rings (SSSR count). The van der Waals surface area contributed by atoms with Gasteiger partial charge in [-0.1, -0.05) is 39.0 Å². The number of para-hydroxylation sites is 1. The predicted molar refractivity (Wildman–Crippen MR) is 135 cm³/mol. The maximum Gasteiger partial charge on any atom is 0.193 e. The van der Waals surface area contributed by atoms with E-state index < -0.39 is 0 Å². The molecule has 2 fully saturated rings. The molecular weight excluding hydrogens is 489 g/mol. The fourth-order valence-corrected chi connectivity index (χ4v) is 4.49. The van der Waals surface area contributed by atoms with Crippen molar-refractivity contribution < 1.29 is 9.47 Å².